The number of rotatable bonds is 13. The van der Waals surface area contributed by atoms with Crippen LogP contribution in [0.25, 0.3) is 11.4 Å². The Morgan fingerprint density at radius 1 is 1.23 bits per heavy atom. The van der Waals surface area contributed by atoms with E-state index >= 15 is 0 Å². The molecule has 0 radical (unpaired) electrons. The SMILES string of the molecule is CC=C(O/N=C(\C)c1ccc(C(=O)NCCCO)c(F)c1)C(CC)Oc1ccc(-c2noc(C(C)C)n2)cc1. The number of oxime groups is 1. The molecule has 0 fully saturated rings. The molecule has 1 amide bonds. The number of nitrogens with one attached hydrogen (secondary N) is 1. The third-order valence-corrected chi connectivity index (χ3v) is 5.84. The Hall–Kier alpha value is -4.05. The Kier molecular flexibility index (Phi) is 10.7. The van der Waals surface area contributed by atoms with Gasteiger partial charge in [-0.1, -0.05) is 37.1 Å². The molecule has 208 valence electrons. The number of benzene rings is 2. The molecule has 9 nitrogen and oxygen atoms in total. The van der Waals surface area contributed by atoms with Gasteiger partial charge in [-0.25, -0.2) is 4.39 Å². The van der Waals surface area contributed by atoms with Gasteiger partial charge >= 0.3 is 0 Å². The van der Waals surface area contributed by atoms with Gasteiger partial charge in [0.15, 0.2) is 11.9 Å². The predicted molar refractivity (Wildman–Crippen MR) is 146 cm³/mol. The van der Waals surface area contributed by atoms with E-state index in [2.05, 4.69) is 20.6 Å². The number of allylic oxidation sites excluding steroid dienone is 1. The molecule has 1 aromatic heterocycles. The fourth-order valence-corrected chi connectivity index (χ4v) is 3.55. The number of carbonyl (C=O) groups is 1. The summed E-state index contributed by atoms with van der Waals surface area (Å²) in [5.41, 5.74) is 1.64. The molecule has 0 saturated carbocycles. The van der Waals surface area contributed by atoms with Gasteiger partial charge in [0.25, 0.3) is 5.91 Å². The Labute approximate surface area is 227 Å². The summed E-state index contributed by atoms with van der Waals surface area (Å²) in [4.78, 5) is 22.2. The van der Waals surface area contributed by atoms with E-state index in [4.69, 9.17) is 19.2 Å². The number of nitrogens with zero attached hydrogens (tertiary/aromatic N) is 3. The van der Waals surface area contributed by atoms with Crippen LogP contribution in [0.2, 0.25) is 0 Å². The number of amides is 1. The summed E-state index contributed by atoms with van der Waals surface area (Å²) < 4.78 is 26.0. The number of halogens is 1. The number of aliphatic hydroxyl groups is 1. The summed E-state index contributed by atoms with van der Waals surface area (Å²) in [6, 6.07) is 11.6. The summed E-state index contributed by atoms with van der Waals surface area (Å²) >= 11 is 0. The molecule has 0 spiro atoms. The molecule has 1 heterocycles. The van der Waals surface area contributed by atoms with E-state index in [1.54, 1.807) is 19.1 Å². The first-order chi connectivity index (χ1) is 18.8. The van der Waals surface area contributed by atoms with Gasteiger partial charge < -0.3 is 24.5 Å². The minimum atomic E-state index is -0.672. The molecule has 39 heavy (non-hydrogen) atoms. The van der Waals surface area contributed by atoms with Gasteiger partial charge in [0.2, 0.25) is 11.7 Å². The van der Waals surface area contributed by atoms with Crippen molar-refractivity contribution in [2.24, 2.45) is 5.16 Å². The number of aliphatic hydroxyl groups excluding tert-OH is 1. The molecule has 10 heteroatoms. The summed E-state index contributed by atoms with van der Waals surface area (Å²) in [5, 5.41) is 19.6. The second kappa shape index (κ2) is 14.2. The normalized spacial score (nSPS) is 12.9. The number of aromatic nitrogens is 2. The van der Waals surface area contributed by atoms with E-state index in [1.165, 1.54) is 12.1 Å². The van der Waals surface area contributed by atoms with Crippen LogP contribution in [0.15, 0.2) is 64.0 Å². The summed E-state index contributed by atoms with van der Waals surface area (Å²) in [6.07, 6.45) is 2.38. The zero-order valence-corrected chi connectivity index (χ0v) is 22.9. The standard InChI is InChI=1S/C29H35FN4O5/c1-6-25(37-22-12-9-20(10-13-22)27-32-29(18(3)4)39-34-27)26(7-2)38-33-19(5)21-11-14-23(24(30)17-21)28(36)31-15-8-16-35/h7,9-14,17-18,25,35H,6,8,15-16H2,1-5H3,(H,31,36)/b26-7?,33-19+. The van der Waals surface area contributed by atoms with E-state index in [9.17, 15) is 9.18 Å². The lowest BCUT2D eigenvalue weighted by Gasteiger charge is -2.19. The molecule has 1 unspecified atom stereocenters. The smallest absolute Gasteiger partial charge is 0.254 e. The molecule has 2 aromatic carbocycles. The summed E-state index contributed by atoms with van der Waals surface area (Å²) in [7, 11) is 0. The van der Waals surface area contributed by atoms with Crippen molar-refractivity contribution in [2.75, 3.05) is 13.2 Å². The number of hydrogen-bond donors (Lipinski definition) is 2. The zero-order valence-electron chi connectivity index (χ0n) is 22.9. The first-order valence-electron chi connectivity index (χ1n) is 12.9. The van der Waals surface area contributed by atoms with E-state index < -0.39 is 17.8 Å². The van der Waals surface area contributed by atoms with Gasteiger partial charge in [-0.05, 0) is 69.2 Å². The van der Waals surface area contributed by atoms with Crippen LogP contribution in [0.3, 0.4) is 0 Å². The van der Waals surface area contributed by atoms with Crippen LogP contribution >= 0.6 is 0 Å². The van der Waals surface area contributed by atoms with Gasteiger partial charge in [0.1, 0.15) is 11.6 Å². The maximum absolute atomic E-state index is 14.6. The monoisotopic (exact) mass is 538 g/mol. The lowest BCUT2D eigenvalue weighted by Crippen LogP contribution is -2.26. The third kappa shape index (κ3) is 7.97. The van der Waals surface area contributed by atoms with Crippen LogP contribution in [0.5, 0.6) is 5.75 Å². The first-order valence-corrected chi connectivity index (χ1v) is 12.9. The molecule has 0 bridgehead atoms. The Morgan fingerprint density at radius 2 is 1.97 bits per heavy atom. The zero-order chi connectivity index (χ0) is 28.4. The van der Waals surface area contributed by atoms with Crippen molar-refractivity contribution in [1.29, 1.82) is 0 Å². The van der Waals surface area contributed by atoms with Crippen molar-refractivity contribution in [3.63, 3.8) is 0 Å². The molecule has 1 atom stereocenters. The molecule has 0 aliphatic rings. The quantitative estimate of drug-likeness (QED) is 0.126. The molecule has 3 aromatic rings. The minimum Gasteiger partial charge on any atom is -0.482 e. The van der Waals surface area contributed by atoms with Crippen LogP contribution in [-0.2, 0) is 4.84 Å². The Morgan fingerprint density at radius 3 is 2.56 bits per heavy atom. The highest BCUT2D eigenvalue weighted by molar-refractivity contribution is 6.00. The highest BCUT2D eigenvalue weighted by atomic mass is 19.1. The predicted octanol–water partition coefficient (Wildman–Crippen LogP) is 5.61. The highest BCUT2D eigenvalue weighted by Crippen LogP contribution is 2.25. The molecular weight excluding hydrogens is 503 g/mol. The summed E-state index contributed by atoms with van der Waals surface area (Å²) in [5.74, 6) is 1.18. The topological polar surface area (TPSA) is 119 Å². The third-order valence-electron chi connectivity index (χ3n) is 5.84. The van der Waals surface area contributed by atoms with Crippen LogP contribution in [0, 0.1) is 5.82 Å². The van der Waals surface area contributed by atoms with Gasteiger partial charge in [0, 0.05) is 30.2 Å². The van der Waals surface area contributed by atoms with E-state index in [0.29, 0.717) is 47.3 Å². The molecule has 0 aliphatic heterocycles. The van der Waals surface area contributed by atoms with Gasteiger partial charge in [-0.15, -0.1) is 0 Å². The van der Waals surface area contributed by atoms with Crippen molar-refractivity contribution in [1.82, 2.24) is 15.5 Å². The van der Waals surface area contributed by atoms with E-state index in [0.717, 1.165) is 5.56 Å². The number of hydrogen-bond acceptors (Lipinski definition) is 8. The minimum absolute atomic E-state index is 0.0530. The first kappa shape index (κ1) is 29.5. The number of carbonyl (C=O) groups excluding carboxylic acids is 1. The van der Waals surface area contributed by atoms with Crippen molar-refractivity contribution in [3.8, 4) is 17.1 Å². The van der Waals surface area contributed by atoms with E-state index in [-0.39, 0.29) is 24.6 Å². The molecular formula is C29H35FN4O5. The largest absolute Gasteiger partial charge is 0.482 e. The van der Waals surface area contributed by atoms with Crippen molar-refractivity contribution in [3.05, 3.63) is 77.1 Å². The highest BCUT2D eigenvalue weighted by Gasteiger charge is 2.18. The van der Waals surface area contributed by atoms with Crippen LogP contribution in [-0.4, -0.2) is 46.1 Å². The average molecular weight is 539 g/mol. The van der Waals surface area contributed by atoms with Crippen molar-refractivity contribution >= 4 is 11.6 Å². The van der Waals surface area contributed by atoms with E-state index in [1.807, 2.05) is 52.0 Å². The lowest BCUT2D eigenvalue weighted by molar-refractivity contribution is 0.0947. The maximum Gasteiger partial charge on any atom is 0.254 e. The van der Waals surface area contributed by atoms with Crippen LogP contribution in [0.4, 0.5) is 4.39 Å². The van der Waals surface area contributed by atoms with Gasteiger partial charge in [-0.2, -0.15) is 4.98 Å². The van der Waals surface area contributed by atoms with Gasteiger partial charge in [-0.3, -0.25) is 4.79 Å². The second-order valence-electron chi connectivity index (χ2n) is 9.14. The van der Waals surface area contributed by atoms with Crippen molar-refractivity contribution in [2.45, 2.75) is 59.5 Å². The fraction of sp³-hybridized carbons (Fsp3) is 0.379. The Balaban J connectivity index is 1.65. The maximum atomic E-state index is 14.6. The number of ether oxygens (including phenoxy) is 1. The fourth-order valence-electron chi connectivity index (χ4n) is 3.55. The lowest BCUT2D eigenvalue weighted by atomic mass is 10.1. The van der Waals surface area contributed by atoms with Gasteiger partial charge in [0.05, 0.1) is 11.3 Å². The second-order valence-corrected chi connectivity index (χ2v) is 9.14. The summed E-state index contributed by atoms with van der Waals surface area (Å²) in [6.45, 7) is 9.66. The molecule has 2 N–H and O–H groups in total. The average Bonchev–Trinajstić information content (AvgIpc) is 3.44. The van der Waals surface area contributed by atoms with Crippen LogP contribution in [0.1, 0.15) is 75.2 Å². The Bertz CT molecular complexity index is 1300. The molecule has 3 rings (SSSR count). The molecule has 0 saturated heterocycles. The van der Waals surface area contributed by atoms with Crippen LogP contribution < -0.4 is 10.1 Å². The van der Waals surface area contributed by atoms with Crippen molar-refractivity contribution < 1.29 is 28.4 Å². The molecule has 0 aliphatic carbocycles.